The molecule has 0 unspecified atom stereocenters. The van der Waals surface area contributed by atoms with Crippen molar-refractivity contribution < 1.29 is 17.9 Å². The molecular formula is C24H28N4O4S. The van der Waals surface area contributed by atoms with Crippen LogP contribution in [0.5, 0.6) is 5.75 Å². The number of carbonyl (C=O) groups excluding carboxylic acids is 1. The highest BCUT2D eigenvalue weighted by atomic mass is 32.2. The van der Waals surface area contributed by atoms with Gasteiger partial charge in [-0.25, -0.2) is 17.4 Å². The zero-order valence-electron chi connectivity index (χ0n) is 19.4. The summed E-state index contributed by atoms with van der Waals surface area (Å²) in [4.78, 5) is 12.6. The first-order valence-corrected chi connectivity index (χ1v) is 11.9. The van der Waals surface area contributed by atoms with Crippen LogP contribution in [-0.2, 0) is 14.8 Å². The summed E-state index contributed by atoms with van der Waals surface area (Å²) in [6.07, 6.45) is 3.11. The number of anilines is 1. The van der Waals surface area contributed by atoms with Crippen molar-refractivity contribution in [2.45, 2.75) is 25.7 Å². The zero-order chi connectivity index (χ0) is 24.2. The molecule has 1 aromatic heterocycles. The van der Waals surface area contributed by atoms with Gasteiger partial charge in [0.25, 0.3) is 0 Å². The van der Waals surface area contributed by atoms with Gasteiger partial charge >= 0.3 is 0 Å². The highest BCUT2D eigenvalue weighted by Gasteiger charge is 2.23. The van der Waals surface area contributed by atoms with Gasteiger partial charge in [0.15, 0.2) is 0 Å². The summed E-state index contributed by atoms with van der Waals surface area (Å²) in [5.74, 6) is -0.155. The average molecular weight is 469 g/mol. The van der Waals surface area contributed by atoms with E-state index in [1.165, 1.54) is 32.3 Å². The topological polar surface area (TPSA) is 93.5 Å². The van der Waals surface area contributed by atoms with Crippen LogP contribution < -0.4 is 10.1 Å². The smallest absolute Gasteiger partial charge is 0.248 e. The molecule has 0 saturated heterocycles. The molecular weight excluding hydrogens is 440 g/mol. The molecule has 0 spiro atoms. The number of hydrogen-bond acceptors (Lipinski definition) is 5. The number of amides is 1. The van der Waals surface area contributed by atoms with E-state index < -0.39 is 15.9 Å². The lowest BCUT2D eigenvalue weighted by Crippen LogP contribution is -2.23. The van der Waals surface area contributed by atoms with Gasteiger partial charge in [0.1, 0.15) is 10.6 Å². The van der Waals surface area contributed by atoms with E-state index in [0.717, 1.165) is 26.9 Å². The summed E-state index contributed by atoms with van der Waals surface area (Å²) in [5, 5.41) is 7.29. The minimum Gasteiger partial charge on any atom is -0.492 e. The van der Waals surface area contributed by atoms with Crippen LogP contribution in [0.1, 0.15) is 23.9 Å². The Hall–Kier alpha value is -3.43. The van der Waals surface area contributed by atoms with E-state index in [0.29, 0.717) is 12.3 Å². The number of hydrogen-bond donors (Lipinski definition) is 1. The summed E-state index contributed by atoms with van der Waals surface area (Å²) in [6, 6.07) is 14.3. The Balaban J connectivity index is 1.84. The number of para-hydroxylation sites is 1. The van der Waals surface area contributed by atoms with Crippen LogP contribution >= 0.6 is 0 Å². The average Bonchev–Trinajstić information content (AvgIpc) is 3.07. The SMILES string of the molecule is CCOc1ccc(NC(=O)/C=C/c2c(C)nn(-c3ccccc3)c2C)cc1S(=O)(=O)N(C)C. The second kappa shape index (κ2) is 10.0. The Bertz CT molecular complexity index is 1280. The summed E-state index contributed by atoms with van der Waals surface area (Å²) in [6.45, 7) is 5.92. The molecule has 0 bridgehead atoms. The van der Waals surface area contributed by atoms with Crippen molar-refractivity contribution >= 4 is 27.7 Å². The molecule has 3 rings (SSSR count). The molecule has 33 heavy (non-hydrogen) atoms. The van der Waals surface area contributed by atoms with Gasteiger partial charge < -0.3 is 10.1 Å². The van der Waals surface area contributed by atoms with Crippen molar-refractivity contribution in [3.8, 4) is 11.4 Å². The van der Waals surface area contributed by atoms with Crippen molar-refractivity contribution in [3.05, 3.63) is 71.6 Å². The fourth-order valence-corrected chi connectivity index (χ4v) is 4.37. The molecule has 9 heteroatoms. The van der Waals surface area contributed by atoms with Gasteiger partial charge in [0.2, 0.25) is 15.9 Å². The van der Waals surface area contributed by atoms with Crippen molar-refractivity contribution in [3.63, 3.8) is 0 Å². The van der Waals surface area contributed by atoms with Crippen LogP contribution in [0.2, 0.25) is 0 Å². The lowest BCUT2D eigenvalue weighted by Gasteiger charge is -2.16. The molecule has 1 heterocycles. The van der Waals surface area contributed by atoms with E-state index in [2.05, 4.69) is 10.4 Å². The molecule has 0 aliphatic rings. The third-order valence-corrected chi connectivity index (χ3v) is 6.86. The van der Waals surface area contributed by atoms with Crippen LogP contribution in [0.15, 0.2) is 59.5 Å². The third-order valence-electron chi connectivity index (χ3n) is 5.02. The maximum Gasteiger partial charge on any atom is 0.248 e. The summed E-state index contributed by atoms with van der Waals surface area (Å²) >= 11 is 0. The van der Waals surface area contributed by atoms with E-state index in [9.17, 15) is 13.2 Å². The van der Waals surface area contributed by atoms with Crippen molar-refractivity contribution in [1.29, 1.82) is 0 Å². The molecule has 0 aliphatic carbocycles. The van der Waals surface area contributed by atoms with E-state index >= 15 is 0 Å². The van der Waals surface area contributed by atoms with Crippen LogP contribution in [0, 0.1) is 13.8 Å². The lowest BCUT2D eigenvalue weighted by atomic mass is 10.2. The van der Waals surface area contributed by atoms with E-state index in [1.54, 1.807) is 19.1 Å². The summed E-state index contributed by atoms with van der Waals surface area (Å²) < 4.78 is 33.8. The molecule has 174 valence electrons. The summed E-state index contributed by atoms with van der Waals surface area (Å²) in [5.41, 5.74) is 3.83. The first-order valence-electron chi connectivity index (χ1n) is 10.4. The van der Waals surface area contributed by atoms with Gasteiger partial charge in [-0.2, -0.15) is 5.10 Å². The van der Waals surface area contributed by atoms with Crippen molar-refractivity contribution in [1.82, 2.24) is 14.1 Å². The quantitative estimate of drug-likeness (QED) is 0.508. The van der Waals surface area contributed by atoms with Crippen LogP contribution in [0.25, 0.3) is 11.8 Å². The van der Waals surface area contributed by atoms with E-state index in [1.807, 2.05) is 48.9 Å². The molecule has 0 saturated carbocycles. The van der Waals surface area contributed by atoms with Gasteiger partial charge in [0.05, 0.1) is 18.0 Å². The zero-order valence-corrected chi connectivity index (χ0v) is 20.2. The van der Waals surface area contributed by atoms with Crippen molar-refractivity contribution in [2.75, 3.05) is 26.0 Å². The number of nitrogens with one attached hydrogen (secondary N) is 1. The van der Waals surface area contributed by atoms with E-state index in [4.69, 9.17) is 4.74 Å². The highest BCUT2D eigenvalue weighted by Crippen LogP contribution is 2.29. The standard InChI is InChI=1S/C24H28N4O4S/c1-6-32-22-14-12-19(16-23(22)33(30,31)27(4)5)25-24(29)15-13-21-17(2)26-28(18(21)3)20-10-8-7-9-11-20/h7-16H,6H2,1-5H3,(H,25,29)/b15-13+. The number of benzene rings is 2. The van der Waals surface area contributed by atoms with Gasteiger partial charge in [-0.15, -0.1) is 0 Å². The minimum atomic E-state index is -3.75. The summed E-state index contributed by atoms with van der Waals surface area (Å²) in [7, 11) is -0.863. The predicted molar refractivity (Wildman–Crippen MR) is 129 cm³/mol. The molecule has 0 fully saturated rings. The first-order chi connectivity index (χ1) is 15.6. The Morgan fingerprint density at radius 1 is 1.15 bits per heavy atom. The van der Waals surface area contributed by atoms with Crippen molar-refractivity contribution in [2.24, 2.45) is 0 Å². The van der Waals surface area contributed by atoms with E-state index in [-0.39, 0.29) is 10.6 Å². The van der Waals surface area contributed by atoms with Gasteiger partial charge in [-0.1, -0.05) is 18.2 Å². The van der Waals surface area contributed by atoms with Gasteiger partial charge in [-0.05, 0) is 57.2 Å². The number of ether oxygens (including phenoxy) is 1. The minimum absolute atomic E-state index is 0.00745. The number of carbonyl (C=O) groups is 1. The fourth-order valence-electron chi connectivity index (χ4n) is 3.32. The van der Waals surface area contributed by atoms with Crippen LogP contribution in [0.4, 0.5) is 5.69 Å². The molecule has 0 atom stereocenters. The second-order valence-corrected chi connectivity index (χ2v) is 9.66. The molecule has 1 amide bonds. The number of sulfonamides is 1. The number of aryl methyl sites for hydroxylation is 1. The Kier molecular flexibility index (Phi) is 7.35. The molecule has 1 N–H and O–H groups in total. The number of aromatic nitrogens is 2. The lowest BCUT2D eigenvalue weighted by molar-refractivity contribution is -0.111. The first kappa shape index (κ1) is 24.2. The maximum absolute atomic E-state index is 12.7. The Labute approximate surface area is 194 Å². The molecule has 0 radical (unpaired) electrons. The van der Waals surface area contributed by atoms with Gasteiger partial charge in [0, 0.05) is 37.1 Å². The van der Waals surface area contributed by atoms with Crippen LogP contribution in [0.3, 0.4) is 0 Å². The molecule has 8 nitrogen and oxygen atoms in total. The molecule has 0 aliphatic heterocycles. The molecule has 2 aromatic carbocycles. The Morgan fingerprint density at radius 2 is 1.85 bits per heavy atom. The Morgan fingerprint density at radius 3 is 2.48 bits per heavy atom. The predicted octanol–water partition coefficient (Wildman–Crippen LogP) is 3.79. The largest absolute Gasteiger partial charge is 0.492 e. The maximum atomic E-state index is 12.7. The monoisotopic (exact) mass is 468 g/mol. The normalized spacial score (nSPS) is 11.8. The molecule has 3 aromatic rings. The number of nitrogens with zero attached hydrogens (tertiary/aromatic N) is 3. The van der Waals surface area contributed by atoms with Crippen LogP contribution in [-0.4, -0.2) is 49.1 Å². The second-order valence-electron chi connectivity index (χ2n) is 7.54. The number of rotatable bonds is 8. The third kappa shape index (κ3) is 5.32. The fraction of sp³-hybridized carbons (Fsp3) is 0.250. The van der Waals surface area contributed by atoms with Gasteiger partial charge in [-0.3, -0.25) is 4.79 Å². The highest BCUT2D eigenvalue weighted by molar-refractivity contribution is 7.89.